The van der Waals surface area contributed by atoms with E-state index in [-0.39, 0.29) is 16.7 Å². The van der Waals surface area contributed by atoms with Crippen molar-refractivity contribution in [2.75, 3.05) is 26.2 Å². The van der Waals surface area contributed by atoms with E-state index in [1.807, 2.05) is 0 Å². The first-order valence-corrected chi connectivity index (χ1v) is 9.24. The minimum absolute atomic E-state index is 0.00855. The van der Waals surface area contributed by atoms with Crippen LogP contribution < -0.4 is 14.4 Å². The number of carboxylic acids is 1. The van der Waals surface area contributed by atoms with Crippen molar-refractivity contribution in [1.29, 1.82) is 0 Å². The van der Waals surface area contributed by atoms with Crippen LogP contribution in [0.3, 0.4) is 0 Å². The molecule has 1 aliphatic heterocycles. The molecule has 8 nitrogen and oxygen atoms in total. The summed E-state index contributed by atoms with van der Waals surface area (Å²) in [5, 5.41) is 9.46. The summed E-state index contributed by atoms with van der Waals surface area (Å²) >= 11 is 0. The summed E-state index contributed by atoms with van der Waals surface area (Å²) in [5.41, 5.74) is 1.20. The summed E-state index contributed by atoms with van der Waals surface area (Å²) in [6.07, 6.45) is 1.39. The van der Waals surface area contributed by atoms with E-state index in [1.54, 1.807) is 43.3 Å². The van der Waals surface area contributed by atoms with Crippen molar-refractivity contribution < 1.29 is 33.7 Å². The first-order chi connectivity index (χ1) is 14.8. The highest BCUT2D eigenvalue weighted by atomic mass is 16.5. The van der Waals surface area contributed by atoms with E-state index in [4.69, 9.17) is 14.2 Å². The average Bonchev–Trinajstić information content (AvgIpc) is 3.02. The van der Waals surface area contributed by atoms with Gasteiger partial charge in [0.05, 0.1) is 43.7 Å². The number of aromatic carboxylic acids is 1. The summed E-state index contributed by atoms with van der Waals surface area (Å²) in [6.45, 7) is 1.62. The van der Waals surface area contributed by atoms with Crippen molar-refractivity contribution in [3.05, 3.63) is 70.4 Å². The number of ether oxygens (including phenoxy) is 3. The van der Waals surface area contributed by atoms with Crippen molar-refractivity contribution in [1.82, 2.24) is 0 Å². The SMILES string of the molecule is COC(=O)C1=C(C)N(c2ccc(OC)c(OC)c2)C(=O)/C1=C\c1ccccc1C(=O)O. The average molecular weight is 423 g/mol. The normalized spacial score (nSPS) is 14.8. The molecule has 31 heavy (non-hydrogen) atoms. The van der Waals surface area contributed by atoms with Crippen molar-refractivity contribution >= 4 is 29.6 Å². The topological polar surface area (TPSA) is 102 Å². The van der Waals surface area contributed by atoms with Crippen molar-refractivity contribution in [3.8, 4) is 11.5 Å². The van der Waals surface area contributed by atoms with Gasteiger partial charge in [-0.1, -0.05) is 18.2 Å². The lowest BCUT2D eigenvalue weighted by atomic mass is 10.0. The molecule has 1 N–H and O–H groups in total. The lowest BCUT2D eigenvalue weighted by molar-refractivity contribution is -0.136. The van der Waals surface area contributed by atoms with Crippen LogP contribution in [0.5, 0.6) is 11.5 Å². The number of hydrogen-bond acceptors (Lipinski definition) is 6. The number of amides is 1. The quantitative estimate of drug-likeness (QED) is 0.562. The van der Waals surface area contributed by atoms with Crippen molar-refractivity contribution in [2.45, 2.75) is 6.92 Å². The van der Waals surface area contributed by atoms with Crippen LogP contribution in [-0.4, -0.2) is 44.3 Å². The monoisotopic (exact) mass is 423 g/mol. The van der Waals surface area contributed by atoms with Crippen LogP contribution in [0.15, 0.2) is 59.3 Å². The van der Waals surface area contributed by atoms with Gasteiger partial charge in [-0.05, 0) is 36.8 Å². The zero-order chi connectivity index (χ0) is 22.7. The number of esters is 1. The summed E-state index contributed by atoms with van der Waals surface area (Å²) in [7, 11) is 4.19. The molecule has 0 atom stereocenters. The molecule has 160 valence electrons. The summed E-state index contributed by atoms with van der Waals surface area (Å²) in [6, 6.07) is 11.1. The van der Waals surface area contributed by atoms with Gasteiger partial charge >= 0.3 is 11.9 Å². The predicted octanol–water partition coefficient (Wildman–Crippen LogP) is 3.28. The third-order valence-electron chi connectivity index (χ3n) is 4.91. The molecule has 0 saturated carbocycles. The number of allylic oxidation sites excluding steroid dienone is 1. The molecule has 2 aromatic carbocycles. The van der Waals surface area contributed by atoms with Crippen LogP contribution in [0, 0.1) is 0 Å². The fourth-order valence-electron chi connectivity index (χ4n) is 3.43. The molecule has 0 fully saturated rings. The number of carbonyl (C=O) groups is 3. The molecule has 1 heterocycles. The zero-order valence-corrected chi connectivity index (χ0v) is 17.5. The van der Waals surface area contributed by atoms with E-state index >= 15 is 0 Å². The van der Waals surface area contributed by atoms with Crippen LogP contribution >= 0.6 is 0 Å². The lowest BCUT2D eigenvalue weighted by Gasteiger charge is -2.19. The molecule has 1 aliphatic rings. The Balaban J connectivity index is 2.19. The Hall–Kier alpha value is -4.07. The number of methoxy groups -OCH3 is 3. The first-order valence-electron chi connectivity index (χ1n) is 9.24. The van der Waals surface area contributed by atoms with Gasteiger partial charge < -0.3 is 19.3 Å². The van der Waals surface area contributed by atoms with E-state index in [9.17, 15) is 19.5 Å². The summed E-state index contributed by atoms with van der Waals surface area (Å²) in [4.78, 5) is 38.8. The Bertz CT molecular complexity index is 1130. The van der Waals surface area contributed by atoms with E-state index < -0.39 is 17.8 Å². The molecule has 0 aliphatic carbocycles. The maximum atomic E-state index is 13.4. The number of benzene rings is 2. The van der Waals surface area contributed by atoms with Crippen LogP contribution in [0.4, 0.5) is 5.69 Å². The third-order valence-corrected chi connectivity index (χ3v) is 4.91. The van der Waals surface area contributed by atoms with Gasteiger partial charge in [-0.25, -0.2) is 9.59 Å². The number of anilines is 1. The molecule has 0 saturated heterocycles. The van der Waals surface area contributed by atoms with Crippen LogP contribution in [0.25, 0.3) is 6.08 Å². The fourth-order valence-corrected chi connectivity index (χ4v) is 3.43. The van der Waals surface area contributed by atoms with Crippen molar-refractivity contribution in [2.24, 2.45) is 0 Å². The second-order valence-corrected chi connectivity index (χ2v) is 6.58. The molecule has 8 heteroatoms. The third kappa shape index (κ3) is 3.87. The molecule has 0 radical (unpaired) electrons. The Morgan fingerprint density at radius 1 is 1.00 bits per heavy atom. The maximum Gasteiger partial charge on any atom is 0.340 e. The number of carboxylic acid groups (broad SMARTS) is 1. The van der Waals surface area contributed by atoms with Gasteiger partial charge in [0.25, 0.3) is 5.91 Å². The van der Waals surface area contributed by atoms with Gasteiger partial charge in [0.2, 0.25) is 0 Å². The second kappa shape index (κ2) is 8.74. The maximum absolute atomic E-state index is 13.4. The van der Waals surface area contributed by atoms with E-state index in [0.29, 0.717) is 28.4 Å². The van der Waals surface area contributed by atoms with E-state index in [0.717, 1.165) is 0 Å². The number of carbonyl (C=O) groups excluding carboxylic acids is 2. The van der Waals surface area contributed by atoms with Gasteiger partial charge in [0, 0.05) is 11.8 Å². The molecule has 2 aromatic rings. The molecular formula is C23H21NO7. The van der Waals surface area contributed by atoms with E-state index in [1.165, 1.54) is 38.4 Å². The number of hydrogen-bond donors (Lipinski definition) is 1. The minimum Gasteiger partial charge on any atom is -0.493 e. The molecule has 3 rings (SSSR count). The fraction of sp³-hybridized carbons (Fsp3) is 0.174. The summed E-state index contributed by atoms with van der Waals surface area (Å²) < 4.78 is 15.4. The van der Waals surface area contributed by atoms with Gasteiger partial charge in [-0.15, -0.1) is 0 Å². The smallest absolute Gasteiger partial charge is 0.340 e. The Morgan fingerprint density at radius 2 is 1.68 bits per heavy atom. The molecular weight excluding hydrogens is 402 g/mol. The van der Waals surface area contributed by atoms with Crippen LogP contribution in [0.2, 0.25) is 0 Å². The molecule has 1 amide bonds. The highest BCUT2D eigenvalue weighted by Crippen LogP contribution is 2.39. The van der Waals surface area contributed by atoms with Crippen LogP contribution in [0.1, 0.15) is 22.8 Å². The molecule has 0 aromatic heterocycles. The predicted molar refractivity (Wildman–Crippen MR) is 113 cm³/mol. The highest BCUT2D eigenvalue weighted by Gasteiger charge is 2.38. The Kier molecular flexibility index (Phi) is 6.10. The Morgan fingerprint density at radius 3 is 2.29 bits per heavy atom. The van der Waals surface area contributed by atoms with Gasteiger partial charge in [-0.2, -0.15) is 0 Å². The molecule has 0 unspecified atom stereocenters. The highest BCUT2D eigenvalue weighted by molar-refractivity contribution is 6.24. The van der Waals surface area contributed by atoms with Gasteiger partial charge in [0.15, 0.2) is 11.5 Å². The second-order valence-electron chi connectivity index (χ2n) is 6.58. The number of rotatable bonds is 6. The molecule has 0 bridgehead atoms. The van der Waals surface area contributed by atoms with Crippen molar-refractivity contribution in [3.63, 3.8) is 0 Å². The van der Waals surface area contributed by atoms with Gasteiger partial charge in [-0.3, -0.25) is 9.69 Å². The Labute approximate surface area is 178 Å². The zero-order valence-electron chi connectivity index (χ0n) is 17.5. The van der Waals surface area contributed by atoms with Gasteiger partial charge in [0.1, 0.15) is 0 Å². The molecule has 0 spiro atoms. The summed E-state index contributed by atoms with van der Waals surface area (Å²) in [5.74, 6) is -1.44. The standard InChI is InChI=1S/C23H21NO7/c1-13-20(23(28)31-4)17(11-14-7-5-6-8-16(14)22(26)27)21(25)24(13)15-9-10-18(29-2)19(12-15)30-3/h5-12H,1-4H3,(H,26,27)/b17-11-. The minimum atomic E-state index is -1.14. The first kappa shape index (κ1) is 21.6. The van der Waals surface area contributed by atoms with E-state index in [2.05, 4.69) is 0 Å². The van der Waals surface area contributed by atoms with Crippen LogP contribution in [-0.2, 0) is 14.3 Å². The number of nitrogens with zero attached hydrogens (tertiary/aromatic N) is 1. The largest absolute Gasteiger partial charge is 0.493 e. The lowest BCUT2D eigenvalue weighted by Crippen LogP contribution is -2.24.